The van der Waals surface area contributed by atoms with Crippen molar-refractivity contribution in [1.29, 1.82) is 0 Å². The van der Waals surface area contributed by atoms with Gasteiger partial charge in [-0.1, -0.05) is 0 Å². The standard InChI is InChI=1S/C8H6BrFO2S/c1-12-8(11)5-2-4(10)3-6(13)7(5)9/h2-3,13H,1H3. The van der Waals surface area contributed by atoms with E-state index in [0.717, 1.165) is 6.07 Å². The molecule has 0 atom stereocenters. The molecule has 0 aromatic heterocycles. The molecule has 0 bridgehead atoms. The van der Waals surface area contributed by atoms with Crippen LogP contribution in [-0.2, 0) is 4.74 Å². The molecule has 0 radical (unpaired) electrons. The molecule has 1 aromatic carbocycles. The topological polar surface area (TPSA) is 26.3 Å². The van der Waals surface area contributed by atoms with Gasteiger partial charge in [-0.3, -0.25) is 0 Å². The van der Waals surface area contributed by atoms with Crippen molar-refractivity contribution in [3.63, 3.8) is 0 Å². The van der Waals surface area contributed by atoms with Gasteiger partial charge in [-0.15, -0.1) is 12.6 Å². The number of halogens is 2. The minimum absolute atomic E-state index is 0.132. The molecule has 0 saturated heterocycles. The molecule has 0 spiro atoms. The fourth-order valence-corrected chi connectivity index (χ4v) is 1.47. The first-order valence-electron chi connectivity index (χ1n) is 3.32. The summed E-state index contributed by atoms with van der Waals surface area (Å²) in [6, 6.07) is 2.30. The molecular formula is C8H6BrFO2S. The van der Waals surface area contributed by atoms with Gasteiger partial charge < -0.3 is 4.74 Å². The summed E-state index contributed by atoms with van der Waals surface area (Å²) in [4.78, 5) is 11.4. The molecule has 1 rings (SSSR count). The van der Waals surface area contributed by atoms with Gasteiger partial charge in [0.15, 0.2) is 0 Å². The summed E-state index contributed by atoms with van der Waals surface area (Å²) in [5.41, 5.74) is 0.132. The fourth-order valence-electron chi connectivity index (χ4n) is 0.833. The van der Waals surface area contributed by atoms with Gasteiger partial charge in [-0.25, -0.2) is 9.18 Å². The fraction of sp³-hybridized carbons (Fsp3) is 0.125. The van der Waals surface area contributed by atoms with Gasteiger partial charge in [0.2, 0.25) is 0 Å². The molecule has 0 aliphatic carbocycles. The maximum atomic E-state index is 12.8. The predicted molar refractivity (Wildman–Crippen MR) is 52.7 cm³/mol. The third kappa shape index (κ3) is 2.22. The molecule has 1 aromatic rings. The number of methoxy groups -OCH3 is 1. The van der Waals surface area contributed by atoms with Crippen LogP contribution in [0.4, 0.5) is 4.39 Å². The molecule has 0 N–H and O–H groups in total. The molecule has 0 aliphatic rings. The smallest absolute Gasteiger partial charge is 0.339 e. The SMILES string of the molecule is COC(=O)c1cc(F)cc(S)c1Br. The van der Waals surface area contributed by atoms with Gasteiger partial charge in [-0.05, 0) is 28.1 Å². The van der Waals surface area contributed by atoms with Crippen molar-refractivity contribution in [2.24, 2.45) is 0 Å². The highest BCUT2D eigenvalue weighted by molar-refractivity contribution is 9.10. The first-order chi connectivity index (χ1) is 6.06. The molecule has 0 aliphatic heterocycles. The zero-order valence-electron chi connectivity index (χ0n) is 6.67. The second-order valence-corrected chi connectivity index (χ2v) is 3.55. The van der Waals surface area contributed by atoms with Crippen LogP contribution in [0.2, 0.25) is 0 Å². The van der Waals surface area contributed by atoms with E-state index in [9.17, 15) is 9.18 Å². The van der Waals surface area contributed by atoms with E-state index in [-0.39, 0.29) is 5.56 Å². The summed E-state index contributed by atoms with van der Waals surface area (Å²) in [6.07, 6.45) is 0. The van der Waals surface area contributed by atoms with E-state index in [2.05, 4.69) is 33.3 Å². The Balaban J connectivity index is 3.28. The van der Waals surface area contributed by atoms with Gasteiger partial charge >= 0.3 is 5.97 Å². The van der Waals surface area contributed by atoms with Crippen molar-refractivity contribution in [2.45, 2.75) is 4.90 Å². The maximum Gasteiger partial charge on any atom is 0.339 e. The van der Waals surface area contributed by atoms with Gasteiger partial charge in [-0.2, -0.15) is 0 Å². The highest BCUT2D eigenvalue weighted by Gasteiger charge is 2.13. The van der Waals surface area contributed by atoms with Crippen LogP contribution in [0.3, 0.4) is 0 Å². The van der Waals surface area contributed by atoms with Crippen molar-refractivity contribution < 1.29 is 13.9 Å². The number of hydrogen-bond donors (Lipinski definition) is 1. The second kappa shape index (κ2) is 4.11. The summed E-state index contributed by atoms with van der Waals surface area (Å²) >= 11 is 7.09. The molecule has 2 nitrogen and oxygen atoms in total. The lowest BCUT2D eigenvalue weighted by Gasteiger charge is -2.04. The van der Waals surface area contributed by atoms with Crippen molar-refractivity contribution in [3.05, 3.63) is 28.0 Å². The largest absolute Gasteiger partial charge is 0.465 e. The highest BCUT2D eigenvalue weighted by Crippen LogP contribution is 2.26. The first kappa shape index (κ1) is 10.5. The van der Waals surface area contributed by atoms with Crippen LogP contribution in [0.25, 0.3) is 0 Å². The average Bonchev–Trinajstić information content (AvgIpc) is 2.10. The molecule has 13 heavy (non-hydrogen) atoms. The Hall–Kier alpha value is -0.550. The Morgan fingerprint density at radius 3 is 2.77 bits per heavy atom. The van der Waals surface area contributed by atoms with E-state index >= 15 is 0 Å². The van der Waals surface area contributed by atoms with E-state index in [4.69, 9.17) is 0 Å². The van der Waals surface area contributed by atoms with Crippen molar-refractivity contribution in [3.8, 4) is 0 Å². The number of benzene rings is 1. The van der Waals surface area contributed by atoms with Crippen LogP contribution in [0, 0.1) is 5.82 Å². The number of rotatable bonds is 1. The summed E-state index contributed by atoms with van der Waals surface area (Å²) < 4.78 is 17.7. The van der Waals surface area contributed by atoms with Gasteiger partial charge in [0.05, 0.1) is 12.7 Å². The van der Waals surface area contributed by atoms with E-state index in [1.165, 1.54) is 13.2 Å². The molecule has 0 heterocycles. The average molecular weight is 265 g/mol. The highest BCUT2D eigenvalue weighted by atomic mass is 79.9. The number of thiol groups is 1. The summed E-state index contributed by atoms with van der Waals surface area (Å²) in [5.74, 6) is -1.12. The van der Waals surface area contributed by atoms with Crippen LogP contribution in [0.5, 0.6) is 0 Å². The van der Waals surface area contributed by atoms with Crippen LogP contribution in [-0.4, -0.2) is 13.1 Å². The Morgan fingerprint density at radius 2 is 2.23 bits per heavy atom. The minimum atomic E-state index is -0.596. The minimum Gasteiger partial charge on any atom is -0.465 e. The number of carbonyl (C=O) groups excluding carboxylic acids is 1. The van der Waals surface area contributed by atoms with Crippen molar-refractivity contribution in [1.82, 2.24) is 0 Å². The molecule has 0 amide bonds. The lowest BCUT2D eigenvalue weighted by atomic mass is 10.2. The number of esters is 1. The quantitative estimate of drug-likeness (QED) is 0.624. The maximum absolute atomic E-state index is 12.8. The monoisotopic (exact) mass is 264 g/mol. The van der Waals surface area contributed by atoms with E-state index in [1.54, 1.807) is 0 Å². The number of ether oxygens (including phenoxy) is 1. The Bertz CT molecular complexity index is 354. The number of hydrogen-bond acceptors (Lipinski definition) is 3. The molecule has 0 fully saturated rings. The summed E-state index contributed by atoms with van der Waals surface area (Å²) in [6.45, 7) is 0. The van der Waals surface area contributed by atoms with Crippen LogP contribution < -0.4 is 0 Å². The zero-order valence-corrected chi connectivity index (χ0v) is 9.15. The number of carbonyl (C=O) groups is 1. The molecule has 5 heteroatoms. The molecular weight excluding hydrogens is 259 g/mol. The molecule has 0 unspecified atom stereocenters. The van der Waals surface area contributed by atoms with Crippen LogP contribution in [0.15, 0.2) is 21.5 Å². The Kier molecular flexibility index (Phi) is 3.33. The van der Waals surface area contributed by atoms with E-state index in [0.29, 0.717) is 9.37 Å². The van der Waals surface area contributed by atoms with Crippen molar-refractivity contribution in [2.75, 3.05) is 7.11 Å². The van der Waals surface area contributed by atoms with E-state index in [1.807, 2.05) is 0 Å². The van der Waals surface area contributed by atoms with Gasteiger partial charge in [0, 0.05) is 9.37 Å². The summed E-state index contributed by atoms with van der Waals surface area (Å²) in [5, 5.41) is 0. The van der Waals surface area contributed by atoms with Gasteiger partial charge in [0.1, 0.15) is 5.82 Å². The first-order valence-corrected chi connectivity index (χ1v) is 4.56. The Labute approximate surface area is 88.6 Å². The third-order valence-electron chi connectivity index (χ3n) is 1.42. The lowest BCUT2D eigenvalue weighted by Crippen LogP contribution is -2.03. The van der Waals surface area contributed by atoms with Crippen molar-refractivity contribution >= 4 is 34.5 Å². The van der Waals surface area contributed by atoms with Crippen LogP contribution >= 0.6 is 28.6 Å². The Morgan fingerprint density at radius 1 is 1.62 bits per heavy atom. The lowest BCUT2D eigenvalue weighted by molar-refractivity contribution is 0.0598. The normalized spacial score (nSPS) is 9.85. The second-order valence-electron chi connectivity index (χ2n) is 2.28. The van der Waals surface area contributed by atoms with E-state index < -0.39 is 11.8 Å². The molecule has 70 valence electrons. The summed E-state index contributed by atoms with van der Waals surface area (Å²) in [7, 11) is 1.23. The predicted octanol–water partition coefficient (Wildman–Crippen LogP) is 2.66. The van der Waals surface area contributed by atoms with Gasteiger partial charge in [0.25, 0.3) is 0 Å². The molecule has 0 saturated carbocycles. The van der Waals surface area contributed by atoms with Crippen LogP contribution in [0.1, 0.15) is 10.4 Å². The zero-order chi connectivity index (χ0) is 10.0. The third-order valence-corrected chi connectivity index (χ3v) is 2.94.